The predicted octanol–water partition coefficient (Wildman–Crippen LogP) is 3.58. The Kier molecular flexibility index (Phi) is 9.15. The van der Waals surface area contributed by atoms with Gasteiger partial charge in [0, 0.05) is 42.7 Å². The Balaban J connectivity index is 1.66. The van der Waals surface area contributed by atoms with Crippen molar-refractivity contribution in [3.05, 3.63) is 59.4 Å². The second-order valence-electron chi connectivity index (χ2n) is 10.5. The number of sulfonamides is 1. The molecule has 39 heavy (non-hydrogen) atoms. The van der Waals surface area contributed by atoms with E-state index in [1.54, 1.807) is 43.1 Å². The maximum atomic E-state index is 13.7. The van der Waals surface area contributed by atoms with Gasteiger partial charge in [-0.15, -0.1) is 0 Å². The lowest BCUT2D eigenvalue weighted by Gasteiger charge is -2.37. The molecular formula is C29H36FN3O5S. The molecule has 2 aromatic rings. The van der Waals surface area contributed by atoms with Gasteiger partial charge in [0.15, 0.2) is 0 Å². The summed E-state index contributed by atoms with van der Waals surface area (Å²) in [7, 11) is -2.29. The first kappa shape index (κ1) is 28.9. The summed E-state index contributed by atoms with van der Waals surface area (Å²) in [6.07, 6.45) is 3.63. The predicted molar refractivity (Wildman–Crippen MR) is 146 cm³/mol. The van der Waals surface area contributed by atoms with E-state index in [1.165, 1.54) is 22.5 Å². The summed E-state index contributed by atoms with van der Waals surface area (Å²) < 4.78 is 48.2. The van der Waals surface area contributed by atoms with Crippen LogP contribution in [0.1, 0.15) is 50.7 Å². The Morgan fingerprint density at radius 2 is 1.82 bits per heavy atom. The van der Waals surface area contributed by atoms with Crippen molar-refractivity contribution in [3.8, 4) is 17.6 Å². The normalized spacial score (nSPS) is 21.9. The maximum Gasteiger partial charge on any atom is 0.317 e. The molecule has 1 fully saturated rings. The highest BCUT2D eigenvalue weighted by Gasteiger charge is 2.38. The van der Waals surface area contributed by atoms with Crippen LogP contribution in [0.15, 0.2) is 47.4 Å². The van der Waals surface area contributed by atoms with Gasteiger partial charge in [-0.3, -0.25) is 0 Å². The van der Waals surface area contributed by atoms with E-state index in [2.05, 4.69) is 17.2 Å². The summed E-state index contributed by atoms with van der Waals surface area (Å²) in [4.78, 5) is 14.4. The van der Waals surface area contributed by atoms with Crippen LogP contribution in [-0.2, 0) is 10.0 Å². The molecule has 1 heterocycles. The van der Waals surface area contributed by atoms with Crippen molar-refractivity contribution in [2.45, 2.75) is 62.6 Å². The van der Waals surface area contributed by atoms with Crippen molar-refractivity contribution in [1.29, 1.82) is 0 Å². The lowest BCUT2D eigenvalue weighted by Crippen LogP contribution is -2.51. The summed E-state index contributed by atoms with van der Waals surface area (Å²) in [6, 6.07) is 9.74. The molecule has 2 aromatic carbocycles. The number of amides is 2. The zero-order valence-corrected chi connectivity index (χ0v) is 23.4. The van der Waals surface area contributed by atoms with Gasteiger partial charge in [-0.1, -0.05) is 31.6 Å². The van der Waals surface area contributed by atoms with E-state index < -0.39 is 22.2 Å². The number of hydrogen-bond acceptors (Lipinski definition) is 5. The highest BCUT2D eigenvalue weighted by Crippen LogP contribution is 2.34. The molecule has 0 saturated heterocycles. The number of rotatable bonds is 5. The fourth-order valence-corrected chi connectivity index (χ4v) is 6.73. The molecule has 3 atom stereocenters. The summed E-state index contributed by atoms with van der Waals surface area (Å²) in [5, 5.41) is 12.9. The number of aliphatic hydroxyl groups is 1. The summed E-state index contributed by atoms with van der Waals surface area (Å²) >= 11 is 0. The van der Waals surface area contributed by atoms with Crippen molar-refractivity contribution >= 4 is 16.1 Å². The first-order valence-corrected chi connectivity index (χ1v) is 14.7. The van der Waals surface area contributed by atoms with Gasteiger partial charge in [-0.25, -0.2) is 17.6 Å². The molecule has 0 aromatic heterocycles. The van der Waals surface area contributed by atoms with E-state index in [9.17, 15) is 22.7 Å². The minimum Gasteiger partial charge on any atom is -0.487 e. The lowest BCUT2D eigenvalue weighted by atomic mass is 10.0. The molecule has 4 rings (SSSR count). The van der Waals surface area contributed by atoms with E-state index in [0.717, 1.165) is 25.7 Å². The van der Waals surface area contributed by atoms with E-state index >= 15 is 0 Å². The number of aliphatic hydroxyl groups excluding tert-OH is 1. The molecule has 210 valence electrons. The molecule has 1 saturated carbocycles. The first-order chi connectivity index (χ1) is 18.6. The molecule has 8 nitrogen and oxygen atoms in total. The molecule has 0 radical (unpaired) electrons. The van der Waals surface area contributed by atoms with Crippen LogP contribution in [0.2, 0.25) is 0 Å². The molecule has 2 aliphatic rings. The SMILES string of the molecule is C[C@H]1CN([C@@H](C)CO)S(=O)(=O)c2ccc(C#Cc3ccc(F)cc3)cc2O[C@H]1CN(C)C(=O)NC1CCCC1. The van der Waals surface area contributed by atoms with Gasteiger partial charge >= 0.3 is 6.03 Å². The second kappa shape index (κ2) is 12.4. The summed E-state index contributed by atoms with van der Waals surface area (Å²) in [6.45, 7) is 3.57. The van der Waals surface area contributed by atoms with Crippen molar-refractivity contribution < 1.29 is 27.4 Å². The molecule has 0 unspecified atom stereocenters. The summed E-state index contributed by atoms with van der Waals surface area (Å²) in [5.41, 5.74) is 1.13. The largest absolute Gasteiger partial charge is 0.487 e. The van der Waals surface area contributed by atoms with Crippen molar-refractivity contribution in [2.24, 2.45) is 5.92 Å². The quantitative estimate of drug-likeness (QED) is 0.548. The first-order valence-electron chi connectivity index (χ1n) is 13.3. The smallest absolute Gasteiger partial charge is 0.317 e. The Hall–Kier alpha value is -3.13. The number of hydrogen-bond donors (Lipinski definition) is 2. The number of benzene rings is 2. The Bertz CT molecular complexity index is 1330. The minimum absolute atomic E-state index is 0.0231. The number of urea groups is 1. The van der Waals surface area contributed by atoms with E-state index in [1.807, 2.05) is 6.92 Å². The monoisotopic (exact) mass is 557 g/mol. The second-order valence-corrected chi connectivity index (χ2v) is 12.3. The molecule has 1 aliphatic heterocycles. The van der Waals surface area contributed by atoms with Crippen LogP contribution < -0.4 is 10.1 Å². The molecule has 1 aliphatic carbocycles. The number of nitrogens with zero attached hydrogens (tertiary/aromatic N) is 2. The Morgan fingerprint density at radius 1 is 1.18 bits per heavy atom. The van der Waals surface area contributed by atoms with Crippen molar-refractivity contribution in [1.82, 2.24) is 14.5 Å². The third-order valence-electron chi connectivity index (χ3n) is 7.35. The number of carbonyl (C=O) groups is 1. The Morgan fingerprint density at radius 3 is 2.49 bits per heavy atom. The molecule has 0 bridgehead atoms. The average Bonchev–Trinajstić information content (AvgIpc) is 3.42. The molecule has 0 spiro atoms. The molecular weight excluding hydrogens is 521 g/mol. The fourth-order valence-electron chi connectivity index (χ4n) is 4.91. The minimum atomic E-state index is -3.99. The third kappa shape index (κ3) is 6.90. The molecule has 10 heteroatoms. The number of nitrogens with one attached hydrogen (secondary N) is 1. The average molecular weight is 558 g/mol. The standard InChI is InChI=1S/C29H36FN3O5S/c1-20-17-33(21(2)19-34)39(36,37)28-15-12-23(9-8-22-10-13-24(30)14-11-22)16-26(28)38-27(20)18-32(3)29(35)31-25-6-4-5-7-25/h10-16,20-21,25,27,34H,4-7,17-19H2,1-3H3,(H,31,35)/t20-,21-,27-/m0/s1. The number of ether oxygens (including phenoxy) is 1. The number of carbonyl (C=O) groups excluding carboxylic acids is 1. The van der Waals surface area contributed by atoms with Crippen LogP contribution in [-0.4, -0.2) is 73.7 Å². The zero-order chi connectivity index (χ0) is 28.2. The van der Waals surface area contributed by atoms with Crippen LogP contribution in [0.25, 0.3) is 0 Å². The zero-order valence-electron chi connectivity index (χ0n) is 22.6. The maximum absolute atomic E-state index is 13.7. The topological polar surface area (TPSA) is 99.2 Å². The number of halogens is 1. The molecule has 2 amide bonds. The fraction of sp³-hybridized carbons (Fsp3) is 0.483. The number of fused-ring (bicyclic) bond motifs is 1. The molecule has 2 N–H and O–H groups in total. The number of likely N-dealkylation sites (N-methyl/N-ethyl adjacent to an activating group) is 1. The van der Waals surface area contributed by atoms with Gasteiger partial charge in [0.2, 0.25) is 10.0 Å². The van der Waals surface area contributed by atoms with Gasteiger partial charge in [-0.05, 0) is 62.2 Å². The Labute approximate surface area is 230 Å². The van der Waals surface area contributed by atoms with Crippen LogP contribution in [0.5, 0.6) is 5.75 Å². The van der Waals surface area contributed by atoms with Gasteiger partial charge in [-0.2, -0.15) is 4.31 Å². The van der Waals surface area contributed by atoms with E-state index in [-0.39, 0.29) is 54.1 Å². The van der Waals surface area contributed by atoms with Crippen LogP contribution >= 0.6 is 0 Å². The highest BCUT2D eigenvalue weighted by molar-refractivity contribution is 7.89. The van der Waals surface area contributed by atoms with E-state index in [4.69, 9.17) is 4.74 Å². The van der Waals surface area contributed by atoms with Gasteiger partial charge in [0.05, 0.1) is 13.2 Å². The van der Waals surface area contributed by atoms with E-state index in [0.29, 0.717) is 11.1 Å². The van der Waals surface area contributed by atoms with Crippen LogP contribution in [0, 0.1) is 23.6 Å². The highest BCUT2D eigenvalue weighted by atomic mass is 32.2. The van der Waals surface area contributed by atoms with Gasteiger partial charge in [0.25, 0.3) is 0 Å². The summed E-state index contributed by atoms with van der Waals surface area (Å²) in [5.74, 6) is 5.43. The van der Waals surface area contributed by atoms with Crippen molar-refractivity contribution in [2.75, 3.05) is 26.7 Å². The van der Waals surface area contributed by atoms with Crippen LogP contribution in [0.4, 0.5) is 9.18 Å². The van der Waals surface area contributed by atoms with Crippen LogP contribution in [0.3, 0.4) is 0 Å². The van der Waals surface area contributed by atoms with Gasteiger partial charge < -0.3 is 20.1 Å². The third-order valence-corrected chi connectivity index (χ3v) is 9.37. The van der Waals surface area contributed by atoms with Crippen molar-refractivity contribution in [3.63, 3.8) is 0 Å². The van der Waals surface area contributed by atoms with Gasteiger partial charge in [0.1, 0.15) is 22.6 Å². The lowest BCUT2D eigenvalue weighted by molar-refractivity contribution is 0.0808.